The Morgan fingerprint density at radius 1 is 1.28 bits per heavy atom. The number of nitrogens with one attached hydrogen (secondary N) is 2. The number of piperidine rings is 1. The highest BCUT2D eigenvalue weighted by molar-refractivity contribution is 7.89. The van der Waals surface area contributed by atoms with E-state index in [-0.39, 0.29) is 29.3 Å². The molecule has 1 aliphatic rings. The van der Waals surface area contributed by atoms with E-state index in [1.54, 1.807) is 26.0 Å². The lowest BCUT2D eigenvalue weighted by Gasteiger charge is -2.32. The second-order valence-corrected chi connectivity index (χ2v) is 8.33. The van der Waals surface area contributed by atoms with Gasteiger partial charge in [-0.25, -0.2) is 13.1 Å². The molecule has 1 aliphatic heterocycles. The minimum atomic E-state index is -3.53. The maximum Gasteiger partial charge on any atom is 0.253 e. The van der Waals surface area contributed by atoms with Crippen LogP contribution in [0.3, 0.4) is 0 Å². The lowest BCUT2D eigenvalue weighted by atomic mass is 9.97. The standard InChI is InChI=1S/C17H27N3O3S.ClH/c1-13(2)19-24(22,23)16-8-6-15(7-9-16)17(21)20-10-4-5-14(12-20)11-18-3;/h6-9,13-14,18-19H,4-5,10-12H2,1-3H3;1H. The highest BCUT2D eigenvalue weighted by Crippen LogP contribution is 2.19. The van der Waals surface area contributed by atoms with E-state index in [4.69, 9.17) is 0 Å². The van der Waals surface area contributed by atoms with Gasteiger partial charge in [0, 0.05) is 24.7 Å². The Morgan fingerprint density at radius 2 is 1.92 bits per heavy atom. The molecule has 1 aromatic carbocycles. The molecule has 1 unspecified atom stereocenters. The van der Waals surface area contributed by atoms with Gasteiger partial charge in [-0.05, 0) is 70.5 Å². The highest BCUT2D eigenvalue weighted by Gasteiger charge is 2.24. The van der Waals surface area contributed by atoms with Crippen molar-refractivity contribution in [3.05, 3.63) is 29.8 Å². The molecule has 0 spiro atoms. The van der Waals surface area contributed by atoms with Crippen LogP contribution >= 0.6 is 12.4 Å². The SMILES string of the molecule is CNCC1CCCN(C(=O)c2ccc(S(=O)(=O)NC(C)C)cc2)C1.Cl. The summed E-state index contributed by atoms with van der Waals surface area (Å²) in [5.41, 5.74) is 0.531. The van der Waals surface area contributed by atoms with Crippen molar-refractivity contribution in [2.75, 3.05) is 26.7 Å². The molecule has 1 aromatic rings. The van der Waals surface area contributed by atoms with E-state index in [1.165, 1.54) is 12.1 Å². The van der Waals surface area contributed by atoms with Crippen LogP contribution in [-0.4, -0.2) is 51.9 Å². The van der Waals surface area contributed by atoms with Gasteiger partial charge in [-0.15, -0.1) is 12.4 Å². The largest absolute Gasteiger partial charge is 0.338 e. The molecule has 0 aliphatic carbocycles. The minimum Gasteiger partial charge on any atom is -0.338 e. The van der Waals surface area contributed by atoms with Crippen molar-refractivity contribution in [3.63, 3.8) is 0 Å². The summed E-state index contributed by atoms with van der Waals surface area (Å²) in [4.78, 5) is 14.7. The van der Waals surface area contributed by atoms with Crippen molar-refractivity contribution < 1.29 is 13.2 Å². The van der Waals surface area contributed by atoms with E-state index < -0.39 is 10.0 Å². The maximum atomic E-state index is 12.6. The molecule has 6 nitrogen and oxygen atoms in total. The van der Waals surface area contributed by atoms with Crippen LogP contribution < -0.4 is 10.0 Å². The second-order valence-electron chi connectivity index (χ2n) is 6.62. The van der Waals surface area contributed by atoms with Crippen LogP contribution in [0.5, 0.6) is 0 Å². The fraction of sp³-hybridized carbons (Fsp3) is 0.588. The van der Waals surface area contributed by atoms with Gasteiger partial charge in [-0.3, -0.25) is 4.79 Å². The Bertz CT molecular complexity index is 660. The molecule has 1 heterocycles. The lowest BCUT2D eigenvalue weighted by molar-refractivity contribution is 0.0674. The van der Waals surface area contributed by atoms with Crippen molar-refractivity contribution in [1.29, 1.82) is 0 Å². The highest BCUT2D eigenvalue weighted by atomic mass is 35.5. The summed E-state index contributed by atoms with van der Waals surface area (Å²) in [6, 6.07) is 6.01. The van der Waals surface area contributed by atoms with Crippen LogP contribution in [0, 0.1) is 5.92 Å². The summed E-state index contributed by atoms with van der Waals surface area (Å²) in [7, 11) is -1.60. The molecule has 1 amide bonds. The van der Waals surface area contributed by atoms with Crippen LogP contribution in [0.4, 0.5) is 0 Å². The first-order chi connectivity index (χ1) is 11.3. The molecule has 1 saturated heterocycles. The summed E-state index contributed by atoms with van der Waals surface area (Å²) in [6.45, 7) is 5.95. The van der Waals surface area contributed by atoms with Gasteiger partial charge in [0.25, 0.3) is 5.91 Å². The Labute approximate surface area is 156 Å². The minimum absolute atomic E-state index is 0. The van der Waals surface area contributed by atoms with Gasteiger partial charge >= 0.3 is 0 Å². The van der Waals surface area contributed by atoms with Gasteiger partial charge in [-0.2, -0.15) is 0 Å². The van der Waals surface area contributed by atoms with Crippen LogP contribution in [0.15, 0.2) is 29.2 Å². The summed E-state index contributed by atoms with van der Waals surface area (Å²) < 4.78 is 26.8. The molecule has 0 bridgehead atoms. The number of likely N-dealkylation sites (tertiary alicyclic amines) is 1. The third-order valence-electron chi connectivity index (χ3n) is 4.10. The fourth-order valence-corrected chi connectivity index (χ4v) is 4.29. The Kier molecular flexibility index (Phi) is 8.34. The Morgan fingerprint density at radius 3 is 2.48 bits per heavy atom. The van der Waals surface area contributed by atoms with Gasteiger partial charge in [0.05, 0.1) is 4.90 Å². The van der Waals surface area contributed by atoms with Crippen molar-refractivity contribution in [2.24, 2.45) is 5.92 Å². The molecule has 142 valence electrons. The molecule has 2 rings (SSSR count). The van der Waals surface area contributed by atoms with E-state index in [0.29, 0.717) is 11.5 Å². The van der Waals surface area contributed by atoms with Crippen molar-refractivity contribution >= 4 is 28.3 Å². The number of rotatable bonds is 6. The van der Waals surface area contributed by atoms with Crippen LogP contribution in [0.2, 0.25) is 0 Å². The normalized spacial score (nSPS) is 18.1. The zero-order valence-corrected chi connectivity index (χ0v) is 16.6. The number of carbonyl (C=O) groups excluding carboxylic acids is 1. The average Bonchev–Trinajstić information content (AvgIpc) is 2.54. The first kappa shape index (κ1) is 21.9. The summed E-state index contributed by atoms with van der Waals surface area (Å²) in [5.74, 6) is 0.444. The number of carbonyl (C=O) groups is 1. The predicted octanol–water partition coefficient (Wildman–Crippen LogP) is 1.87. The quantitative estimate of drug-likeness (QED) is 0.778. The third kappa shape index (κ3) is 5.95. The Balaban J connectivity index is 0.00000312. The molecule has 1 atom stereocenters. The number of sulfonamides is 1. The predicted molar refractivity (Wildman–Crippen MR) is 102 cm³/mol. The summed E-state index contributed by atoms with van der Waals surface area (Å²) >= 11 is 0. The third-order valence-corrected chi connectivity index (χ3v) is 5.78. The molecule has 0 radical (unpaired) electrons. The topological polar surface area (TPSA) is 78.5 Å². The van der Waals surface area contributed by atoms with Gasteiger partial charge in [0.15, 0.2) is 0 Å². The number of halogens is 1. The molecular formula is C17H28ClN3O3S. The van der Waals surface area contributed by atoms with Crippen molar-refractivity contribution in [1.82, 2.24) is 14.9 Å². The van der Waals surface area contributed by atoms with Crippen molar-refractivity contribution in [3.8, 4) is 0 Å². The van der Waals surface area contributed by atoms with E-state index >= 15 is 0 Å². The van der Waals surface area contributed by atoms with Gasteiger partial charge in [-0.1, -0.05) is 0 Å². The Hall–Kier alpha value is -1.15. The van der Waals surface area contributed by atoms with E-state index in [9.17, 15) is 13.2 Å². The zero-order valence-electron chi connectivity index (χ0n) is 15.0. The molecule has 8 heteroatoms. The summed E-state index contributed by atoms with van der Waals surface area (Å²) in [5, 5.41) is 3.16. The number of amides is 1. The number of benzene rings is 1. The fourth-order valence-electron chi connectivity index (χ4n) is 3.04. The van der Waals surface area contributed by atoms with E-state index in [2.05, 4.69) is 10.0 Å². The van der Waals surface area contributed by atoms with Crippen LogP contribution in [0.25, 0.3) is 0 Å². The van der Waals surface area contributed by atoms with Gasteiger partial charge in [0.2, 0.25) is 10.0 Å². The van der Waals surface area contributed by atoms with Crippen molar-refractivity contribution in [2.45, 2.75) is 37.6 Å². The van der Waals surface area contributed by atoms with Crippen LogP contribution in [-0.2, 0) is 10.0 Å². The molecule has 25 heavy (non-hydrogen) atoms. The molecule has 2 N–H and O–H groups in total. The number of hydrogen-bond donors (Lipinski definition) is 2. The molecule has 0 saturated carbocycles. The number of nitrogens with zero attached hydrogens (tertiary/aromatic N) is 1. The first-order valence-electron chi connectivity index (χ1n) is 8.39. The molecular weight excluding hydrogens is 362 g/mol. The number of hydrogen-bond acceptors (Lipinski definition) is 4. The maximum absolute atomic E-state index is 12.6. The smallest absolute Gasteiger partial charge is 0.253 e. The summed E-state index contributed by atoms with van der Waals surface area (Å²) in [6.07, 6.45) is 2.13. The van der Waals surface area contributed by atoms with Crippen LogP contribution in [0.1, 0.15) is 37.0 Å². The lowest BCUT2D eigenvalue weighted by Crippen LogP contribution is -2.42. The first-order valence-corrected chi connectivity index (χ1v) is 9.88. The average molecular weight is 390 g/mol. The van der Waals surface area contributed by atoms with Gasteiger partial charge in [0.1, 0.15) is 0 Å². The molecule has 0 aromatic heterocycles. The van der Waals surface area contributed by atoms with E-state index in [1.807, 2.05) is 11.9 Å². The monoisotopic (exact) mass is 389 g/mol. The van der Waals surface area contributed by atoms with E-state index in [0.717, 1.165) is 32.5 Å². The second kappa shape index (κ2) is 9.52. The molecule has 1 fully saturated rings. The van der Waals surface area contributed by atoms with Gasteiger partial charge < -0.3 is 10.2 Å². The zero-order chi connectivity index (χ0) is 17.7.